The first kappa shape index (κ1) is 17.7. The van der Waals surface area contributed by atoms with Gasteiger partial charge < -0.3 is 9.29 Å². The zero-order valence-electron chi connectivity index (χ0n) is 13.9. The topological polar surface area (TPSA) is 80.7 Å². The lowest BCUT2D eigenvalue weighted by molar-refractivity contribution is 0.0697. The Morgan fingerprint density at radius 3 is 2.19 bits per heavy atom. The lowest BCUT2D eigenvalue weighted by atomic mass is 9.99. The Labute approximate surface area is 151 Å². The Hall–Kier alpha value is -3.12. The van der Waals surface area contributed by atoms with Gasteiger partial charge in [-0.15, -0.1) is 0 Å². The maximum Gasteiger partial charge on any atom is 0.339 e. The molecule has 0 bridgehead atoms. The number of hydrogen-bond acceptors (Lipinski definition) is 4. The average Bonchev–Trinajstić information content (AvgIpc) is 2.62. The SMILES string of the molecule is Cc1ccc(S(=O)(=O)Oc2ccc(-c3ccccc3)c(C(=O)O)c2)cc1. The molecule has 0 radical (unpaired) electrons. The van der Waals surface area contributed by atoms with Crippen LogP contribution < -0.4 is 4.18 Å². The van der Waals surface area contributed by atoms with Crippen molar-refractivity contribution in [3.63, 3.8) is 0 Å². The number of rotatable bonds is 5. The van der Waals surface area contributed by atoms with Crippen LogP contribution in [0.1, 0.15) is 15.9 Å². The standard InChI is InChI=1S/C20H16O5S/c1-14-7-10-17(11-8-14)26(23,24)25-16-9-12-18(19(13-16)20(21)22)15-5-3-2-4-6-15/h2-13H,1H3,(H,21,22). The van der Waals surface area contributed by atoms with Gasteiger partial charge in [-0.1, -0.05) is 48.0 Å². The summed E-state index contributed by atoms with van der Waals surface area (Å²) in [6.45, 7) is 1.85. The van der Waals surface area contributed by atoms with Gasteiger partial charge in [0.25, 0.3) is 0 Å². The number of benzene rings is 3. The monoisotopic (exact) mass is 368 g/mol. The Kier molecular flexibility index (Phi) is 4.77. The quantitative estimate of drug-likeness (QED) is 0.685. The molecule has 0 heterocycles. The van der Waals surface area contributed by atoms with Crippen molar-refractivity contribution in [1.29, 1.82) is 0 Å². The fourth-order valence-corrected chi connectivity index (χ4v) is 3.42. The fourth-order valence-electron chi connectivity index (χ4n) is 2.50. The number of aryl methyl sites for hydroxylation is 1. The summed E-state index contributed by atoms with van der Waals surface area (Å²) in [6, 6.07) is 19.4. The van der Waals surface area contributed by atoms with Gasteiger partial charge in [-0.25, -0.2) is 4.79 Å². The van der Waals surface area contributed by atoms with Crippen molar-refractivity contribution < 1.29 is 22.5 Å². The van der Waals surface area contributed by atoms with E-state index in [1.165, 1.54) is 24.3 Å². The molecular formula is C20H16O5S. The van der Waals surface area contributed by atoms with E-state index in [4.69, 9.17) is 4.18 Å². The number of aromatic carboxylic acids is 1. The smallest absolute Gasteiger partial charge is 0.339 e. The van der Waals surface area contributed by atoms with Crippen LogP contribution in [0.15, 0.2) is 77.7 Å². The Morgan fingerprint density at radius 1 is 0.923 bits per heavy atom. The summed E-state index contributed by atoms with van der Waals surface area (Å²) in [6.07, 6.45) is 0. The third-order valence-corrected chi connectivity index (χ3v) is 5.08. The lowest BCUT2D eigenvalue weighted by Crippen LogP contribution is -2.10. The average molecular weight is 368 g/mol. The third-order valence-electron chi connectivity index (χ3n) is 3.82. The van der Waals surface area contributed by atoms with Gasteiger partial charge >= 0.3 is 16.1 Å². The van der Waals surface area contributed by atoms with Gasteiger partial charge in [-0.2, -0.15) is 8.42 Å². The number of hydrogen-bond donors (Lipinski definition) is 1. The molecule has 3 aromatic rings. The lowest BCUT2D eigenvalue weighted by Gasteiger charge is -2.11. The minimum Gasteiger partial charge on any atom is -0.478 e. The first-order valence-corrected chi connectivity index (χ1v) is 9.21. The molecule has 26 heavy (non-hydrogen) atoms. The van der Waals surface area contributed by atoms with E-state index in [0.717, 1.165) is 11.1 Å². The molecule has 0 aliphatic rings. The zero-order chi connectivity index (χ0) is 18.7. The molecule has 1 N–H and O–H groups in total. The van der Waals surface area contributed by atoms with Gasteiger partial charge in [0, 0.05) is 0 Å². The van der Waals surface area contributed by atoms with E-state index in [1.54, 1.807) is 42.5 Å². The van der Waals surface area contributed by atoms with Gasteiger partial charge in [-0.3, -0.25) is 0 Å². The molecular weight excluding hydrogens is 352 g/mol. The van der Waals surface area contributed by atoms with Gasteiger partial charge in [0.1, 0.15) is 10.6 Å². The van der Waals surface area contributed by atoms with E-state index in [2.05, 4.69) is 0 Å². The highest BCUT2D eigenvalue weighted by atomic mass is 32.2. The Balaban J connectivity index is 1.98. The molecule has 0 saturated heterocycles. The largest absolute Gasteiger partial charge is 0.478 e. The summed E-state index contributed by atoms with van der Waals surface area (Å²) in [7, 11) is -4.04. The highest BCUT2D eigenvalue weighted by Gasteiger charge is 2.19. The van der Waals surface area contributed by atoms with Crippen LogP contribution in [-0.2, 0) is 10.1 Å². The minimum absolute atomic E-state index is 0.00658. The van der Waals surface area contributed by atoms with E-state index in [9.17, 15) is 18.3 Å². The van der Waals surface area contributed by atoms with Crippen LogP contribution in [0, 0.1) is 6.92 Å². The van der Waals surface area contributed by atoms with Crippen LogP contribution in [0.5, 0.6) is 5.75 Å². The summed E-state index contributed by atoms with van der Waals surface area (Å²) in [5.41, 5.74) is 2.09. The molecule has 0 saturated carbocycles. The second kappa shape index (κ2) is 7.01. The molecule has 0 aliphatic heterocycles. The molecule has 6 heteroatoms. The predicted octanol–water partition coefficient (Wildman–Crippen LogP) is 4.13. The Bertz CT molecular complexity index is 1040. The zero-order valence-corrected chi connectivity index (χ0v) is 14.7. The van der Waals surface area contributed by atoms with Crippen LogP contribution in [0.3, 0.4) is 0 Å². The highest BCUT2D eigenvalue weighted by Crippen LogP contribution is 2.29. The van der Waals surface area contributed by atoms with Crippen molar-refractivity contribution in [1.82, 2.24) is 0 Å². The van der Waals surface area contributed by atoms with E-state index < -0.39 is 16.1 Å². The number of carboxylic acid groups (broad SMARTS) is 1. The van der Waals surface area contributed by atoms with E-state index >= 15 is 0 Å². The summed E-state index contributed by atoms with van der Waals surface area (Å²) in [5.74, 6) is -1.22. The van der Waals surface area contributed by atoms with Crippen molar-refractivity contribution in [3.05, 3.63) is 83.9 Å². The molecule has 0 aromatic heterocycles. The van der Waals surface area contributed by atoms with Gasteiger partial charge in [0.05, 0.1) is 5.56 Å². The number of carbonyl (C=O) groups is 1. The van der Waals surface area contributed by atoms with Crippen LogP contribution >= 0.6 is 0 Å². The molecule has 0 spiro atoms. The third kappa shape index (κ3) is 3.75. The summed E-state index contributed by atoms with van der Waals surface area (Å²) in [5, 5.41) is 9.49. The van der Waals surface area contributed by atoms with Crippen molar-refractivity contribution in [3.8, 4) is 16.9 Å². The second-order valence-electron chi connectivity index (χ2n) is 5.73. The van der Waals surface area contributed by atoms with Gasteiger partial charge in [-0.05, 0) is 48.4 Å². The van der Waals surface area contributed by atoms with Crippen molar-refractivity contribution >= 4 is 16.1 Å². The molecule has 5 nitrogen and oxygen atoms in total. The molecule has 0 atom stereocenters. The van der Waals surface area contributed by atoms with Gasteiger partial charge in [0.2, 0.25) is 0 Å². The first-order valence-electron chi connectivity index (χ1n) is 7.81. The molecule has 3 rings (SSSR count). The minimum atomic E-state index is -4.04. The molecule has 3 aromatic carbocycles. The summed E-state index contributed by atoms with van der Waals surface area (Å²) < 4.78 is 29.9. The van der Waals surface area contributed by atoms with Crippen LogP contribution in [-0.4, -0.2) is 19.5 Å². The van der Waals surface area contributed by atoms with E-state index in [0.29, 0.717) is 5.56 Å². The van der Waals surface area contributed by atoms with Crippen LogP contribution in [0.2, 0.25) is 0 Å². The second-order valence-corrected chi connectivity index (χ2v) is 7.28. The highest BCUT2D eigenvalue weighted by molar-refractivity contribution is 7.87. The summed E-state index contributed by atoms with van der Waals surface area (Å²) >= 11 is 0. The number of carboxylic acids is 1. The Morgan fingerprint density at radius 2 is 1.58 bits per heavy atom. The van der Waals surface area contributed by atoms with E-state index in [-0.39, 0.29) is 16.2 Å². The van der Waals surface area contributed by atoms with Crippen molar-refractivity contribution in [2.45, 2.75) is 11.8 Å². The molecule has 0 amide bonds. The normalized spacial score (nSPS) is 11.1. The predicted molar refractivity (Wildman–Crippen MR) is 97.8 cm³/mol. The van der Waals surface area contributed by atoms with Crippen LogP contribution in [0.4, 0.5) is 0 Å². The molecule has 0 aliphatic carbocycles. The molecule has 0 unspecified atom stereocenters. The summed E-state index contributed by atoms with van der Waals surface area (Å²) in [4.78, 5) is 11.6. The van der Waals surface area contributed by atoms with Crippen LogP contribution in [0.25, 0.3) is 11.1 Å². The maximum absolute atomic E-state index is 12.4. The van der Waals surface area contributed by atoms with Crippen molar-refractivity contribution in [2.24, 2.45) is 0 Å². The molecule has 132 valence electrons. The van der Waals surface area contributed by atoms with Crippen molar-refractivity contribution in [2.75, 3.05) is 0 Å². The first-order chi connectivity index (χ1) is 12.4. The van der Waals surface area contributed by atoms with Gasteiger partial charge in [0.15, 0.2) is 0 Å². The maximum atomic E-state index is 12.4. The fraction of sp³-hybridized carbons (Fsp3) is 0.0500. The van der Waals surface area contributed by atoms with E-state index in [1.807, 2.05) is 13.0 Å². The molecule has 0 fully saturated rings.